The number of fused-ring (bicyclic) bond motifs is 1. The summed E-state index contributed by atoms with van der Waals surface area (Å²) in [5.41, 5.74) is 4.60. The Kier molecular flexibility index (Phi) is 6.29. The topological polar surface area (TPSA) is 166 Å². The molecule has 0 bridgehead atoms. The summed E-state index contributed by atoms with van der Waals surface area (Å²) in [6.07, 6.45) is -0.0435. The molecule has 1 fully saturated rings. The minimum atomic E-state index is -1.67. The number of β-lactam (4-membered cyclic amide) rings is 1. The molecule has 0 spiro atoms. The van der Waals surface area contributed by atoms with Crippen molar-refractivity contribution in [3.63, 3.8) is 0 Å². The molecule has 1 saturated heterocycles. The molecule has 10 nitrogen and oxygen atoms in total. The first-order valence-electron chi connectivity index (χ1n) is 8.71. The molecule has 160 valence electrons. The number of phenolic OH excluding ortho intramolecular Hbond substituents is 1. The lowest BCUT2D eigenvalue weighted by atomic mass is 9.98. The summed E-state index contributed by atoms with van der Waals surface area (Å²) in [6.45, 7) is 0. The van der Waals surface area contributed by atoms with E-state index in [1.165, 1.54) is 31.0 Å². The number of aliphatic carboxylic acids is 1. The second-order valence-electron chi connectivity index (χ2n) is 6.58. The van der Waals surface area contributed by atoms with E-state index in [-0.39, 0.29) is 34.5 Å². The first-order valence-corrected chi connectivity index (χ1v) is 10.7. The predicted molar refractivity (Wildman–Crippen MR) is 112 cm³/mol. The van der Waals surface area contributed by atoms with E-state index in [9.17, 15) is 24.6 Å². The fourth-order valence-electron chi connectivity index (χ4n) is 3.27. The average molecular weight is 453 g/mol. The molecule has 2 amide bonds. The molecule has 6 N–H and O–H groups in total. The van der Waals surface area contributed by atoms with Gasteiger partial charge in [-0.25, -0.2) is 4.79 Å². The van der Waals surface area contributed by atoms with Crippen LogP contribution in [0.25, 0.3) is 0 Å². The van der Waals surface area contributed by atoms with Gasteiger partial charge < -0.3 is 26.0 Å². The van der Waals surface area contributed by atoms with Crippen molar-refractivity contribution in [2.45, 2.75) is 17.5 Å². The highest BCUT2D eigenvalue weighted by atomic mass is 32.2. The largest absolute Gasteiger partial charge is 0.508 e. The number of aromatic hydroxyl groups is 1. The minimum absolute atomic E-state index is 0.0435. The number of nitrogens with two attached hydrogens (primary N) is 1. The molecule has 12 heteroatoms. The number of amidine groups is 1. The summed E-state index contributed by atoms with van der Waals surface area (Å²) < 4.78 is 5.39. The lowest BCUT2D eigenvalue weighted by Crippen LogP contribution is -2.80. The number of methoxy groups -OCH3 is 1. The number of nitrogens with zero attached hydrogens (tertiary/aromatic N) is 1. The van der Waals surface area contributed by atoms with Crippen molar-refractivity contribution in [3.8, 4) is 5.75 Å². The lowest BCUT2D eigenvalue weighted by Gasteiger charge is -2.55. The number of benzene rings is 1. The number of amides is 2. The highest BCUT2D eigenvalue weighted by molar-refractivity contribution is 8.13. The number of hydrogen-bond donors (Lipinski definition) is 5. The van der Waals surface area contributed by atoms with Gasteiger partial charge in [0.2, 0.25) is 5.91 Å². The van der Waals surface area contributed by atoms with Crippen LogP contribution < -0.4 is 11.1 Å². The van der Waals surface area contributed by atoms with Gasteiger partial charge >= 0.3 is 5.97 Å². The second kappa shape index (κ2) is 8.58. The maximum absolute atomic E-state index is 12.9. The molecule has 0 saturated carbocycles. The molecule has 0 aromatic heterocycles. The molecule has 2 atom stereocenters. The molecule has 0 aliphatic carbocycles. The molecule has 30 heavy (non-hydrogen) atoms. The fraction of sp³-hybridized carbons (Fsp3) is 0.333. The Balaban J connectivity index is 1.79. The number of rotatable bonds is 7. The first kappa shape index (κ1) is 22.0. The number of carboxylic acids is 1. The summed E-state index contributed by atoms with van der Waals surface area (Å²) in [5.74, 6) is -1.89. The van der Waals surface area contributed by atoms with E-state index in [0.29, 0.717) is 11.1 Å². The zero-order valence-electron chi connectivity index (χ0n) is 15.9. The van der Waals surface area contributed by atoms with Crippen molar-refractivity contribution in [1.82, 2.24) is 10.2 Å². The molecule has 3 rings (SSSR count). The maximum Gasteiger partial charge on any atom is 0.352 e. The lowest BCUT2D eigenvalue weighted by molar-refractivity contribution is -0.192. The molecular weight excluding hydrogens is 432 g/mol. The van der Waals surface area contributed by atoms with Crippen molar-refractivity contribution in [1.29, 1.82) is 5.41 Å². The molecule has 2 aliphatic heterocycles. The zero-order valence-corrected chi connectivity index (χ0v) is 17.5. The number of carbonyl (C=O) groups excluding carboxylic acids is 2. The fourth-order valence-corrected chi connectivity index (χ4v) is 5.41. The normalized spacial score (nSPS) is 22.9. The first-order chi connectivity index (χ1) is 14.2. The van der Waals surface area contributed by atoms with Gasteiger partial charge in [-0.15, -0.1) is 11.8 Å². The van der Waals surface area contributed by atoms with Crippen LogP contribution >= 0.6 is 23.5 Å². The Hall–Kier alpha value is -2.70. The Morgan fingerprint density at radius 2 is 2.10 bits per heavy atom. The van der Waals surface area contributed by atoms with Crippen LogP contribution in [0.1, 0.15) is 5.56 Å². The minimum Gasteiger partial charge on any atom is -0.508 e. The van der Waals surface area contributed by atoms with E-state index >= 15 is 0 Å². The molecule has 1 unspecified atom stereocenters. The third-order valence-electron chi connectivity index (χ3n) is 4.66. The van der Waals surface area contributed by atoms with Gasteiger partial charge in [0.25, 0.3) is 11.6 Å². The zero-order chi connectivity index (χ0) is 22.1. The van der Waals surface area contributed by atoms with Crippen molar-refractivity contribution in [3.05, 3.63) is 41.1 Å². The van der Waals surface area contributed by atoms with Crippen LogP contribution in [0.5, 0.6) is 5.75 Å². The van der Waals surface area contributed by atoms with Crippen molar-refractivity contribution < 1.29 is 29.3 Å². The monoisotopic (exact) mass is 452 g/mol. The van der Waals surface area contributed by atoms with Gasteiger partial charge in [0.15, 0.2) is 5.17 Å². The van der Waals surface area contributed by atoms with Gasteiger partial charge in [0.05, 0.1) is 6.42 Å². The Morgan fingerprint density at radius 3 is 2.67 bits per heavy atom. The van der Waals surface area contributed by atoms with Crippen LogP contribution in [0.4, 0.5) is 0 Å². The number of nitrogens with one attached hydrogen (secondary N) is 2. The van der Waals surface area contributed by atoms with Crippen LogP contribution in [-0.4, -0.2) is 67.8 Å². The number of thioether (sulfide) groups is 2. The van der Waals surface area contributed by atoms with Gasteiger partial charge in [-0.3, -0.25) is 19.9 Å². The van der Waals surface area contributed by atoms with Crippen LogP contribution in [0.3, 0.4) is 0 Å². The number of ether oxygens (including phenoxy) is 1. The van der Waals surface area contributed by atoms with Gasteiger partial charge in [0.1, 0.15) is 16.8 Å². The standard InChI is InChI=1S/C18H20N4O6S2/c1-28-18(21-12(24)6-9-2-4-11(23)5-3-9)15(27)22-13(14(25)26)10(7-29-16(18)22)8-30-17(19)20/h2-5,16,23H,6-8H2,1H3,(H3,19,20)(H,21,24)(H,25,26)/t16-,18?/m1/s1. The molecular formula is C18H20N4O6S2. The SMILES string of the molecule is COC1(NC(=O)Cc2ccc(O)cc2)C(=O)N2C(C(=O)O)=C(CSC(=N)N)CS[C@@H]21. The van der Waals surface area contributed by atoms with Crippen LogP contribution in [0, 0.1) is 5.41 Å². The number of phenols is 1. The number of hydrogen-bond acceptors (Lipinski definition) is 8. The van der Waals surface area contributed by atoms with Crippen molar-refractivity contribution >= 4 is 46.5 Å². The van der Waals surface area contributed by atoms with Crippen LogP contribution in [0.2, 0.25) is 0 Å². The van der Waals surface area contributed by atoms with E-state index in [1.54, 1.807) is 12.1 Å². The Morgan fingerprint density at radius 1 is 1.43 bits per heavy atom. The molecule has 2 heterocycles. The van der Waals surface area contributed by atoms with Crippen LogP contribution in [-0.2, 0) is 25.5 Å². The summed E-state index contributed by atoms with van der Waals surface area (Å²) >= 11 is 2.24. The number of carbonyl (C=O) groups is 3. The van der Waals surface area contributed by atoms with E-state index in [2.05, 4.69) is 5.32 Å². The summed E-state index contributed by atoms with van der Waals surface area (Å²) in [6, 6.07) is 6.07. The Bertz CT molecular complexity index is 935. The highest BCUT2D eigenvalue weighted by Gasteiger charge is 2.66. The quantitative estimate of drug-likeness (QED) is 0.169. The van der Waals surface area contributed by atoms with Gasteiger partial charge in [-0.2, -0.15) is 0 Å². The third kappa shape index (κ3) is 3.98. The third-order valence-corrected chi connectivity index (χ3v) is 6.84. The number of carboxylic acid groups (broad SMARTS) is 1. The molecule has 0 radical (unpaired) electrons. The molecule has 1 aromatic carbocycles. The van der Waals surface area contributed by atoms with Crippen molar-refractivity contribution in [2.75, 3.05) is 18.6 Å². The molecule has 1 aromatic rings. The van der Waals surface area contributed by atoms with Gasteiger partial charge in [-0.05, 0) is 23.3 Å². The predicted octanol–water partition coefficient (Wildman–Crippen LogP) is 0.274. The van der Waals surface area contributed by atoms with E-state index in [0.717, 1.165) is 16.7 Å². The summed E-state index contributed by atoms with van der Waals surface area (Å²) in [5, 5.41) is 28.0. The van der Waals surface area contributed by atoms with E-state index in [1.807, 2.05) is 0 Å². The van der Waals surface area contributed by atoms with E-state index < -0.39 is 28.9 Å². The molecule has 2 aliphatic rings. The van der Waals surface area contributed by atoms with Gasteiger partial charge in [0, 0.05) is 18.6 Å². The van der Waals surface area contributed by atoms with E-state index in [4.69, 9.17) is 15.9 Å². The maximum atomic E-state index is 12.9. The average Bonchev–Trinajstić information content (AvgIpc) is 2.70. The highest BCUT2D eigenvalue weighted by Crippen LogP contribution is 2.47. The van der Waals surface area contributed by atoms with Crippen molar-refractivity contribution in [2.24, 2.45) is 5.73 Å². The second-order valence-corrected chi connectivity index (χ2v) is 8.67. The summed E-state index contributed by atoms with van der Waals surface area (Å²) in [7, 11) is 1.28. The Labute approximate surface area is 180 Å². The van der Waals surface area contributed by atoms with Gasteiger partial charge in [-0.1, -0.05) is 23.9 Å². The van der Waals surface area contributed by atoms with Crippen LogP contribution in [0.15, 0.2) is 35.5 Å². The summed E-state index contributed by atoms with van der Waals surface area (Å²) in [4.78, 5) is 38.4. The smallest absolute Gasteiger partial charge is 0.352 e.